The highest BCUT2D eigenvalue weighted by atomic mass is 35.5. The summed E-state index contributed by atoms with van der Waals surface area (Å²) in [4.78, 5) is 36.0. The molecule has 0 saturated carbocycles. The van der Waals surface area contributed by atoms with E-state index in [4.69, 9.17) is 11.6 Å². The molecule has 2 N–H and O–H groups in total. The standard InChI is InChI=1S/C16H16ClN5O2/c17-10-1-2-14-12(7-10)20-16(24)22(14)11-3-5-21(6-4-11)15(23)13-8-18-9-19-13/h1-2,7-9,11H,3-6H2,(H,18,19)(H,20,24). The predicted octanol–water partition coefficient (Wildman–Crippen LogP) is 2.18. The van der Waals surface area contributed by atoms with E-state index in [-0.39, 0.29) is 17.6 Å². The number of amides is 1. The summed E-state index contributed by atoms with van der Waals surface area (Å²) in [7, 11) is 0. The van der Waals surface area contributed by atoms with Crippen molar-refractivity contribution in [3.05, 3.63) is 51.9 Å². The first-order valence-electron chi connectivity index (χ1n) is 7.81. The van der Waals surface area contributed by atoms with E-state index in [2.05, 4.69) is 15.0 Å². The molecular weight excluding hydrogens is 330 g/mol. The largest absolute Gasteiger partial charge is 0.341 e. The van der Waals surface area contributed by atoms with Gasteiger partial charge in [-0.15, -0.1) is 0 Å². The van der Waals surface area contributed by atoms with Crippen LogP contribution in [0.1, 0.15) is 29.4 Å². The zero-order valence-electron chi connectivity index (χ0n) is 12.8. The van der Waals surface area contributed by atoms with Crippen molar-refractivity contribution in [2.75, 3.05) is 13.1 Å². The first kappa shape index (κ1) is 15.0. The van der Waals surface area contributed by atoms with E-state index < -0.39 is 0 Å². The van der Waals surface area contributed by atoms with Gasteiger partial charge in [0, 0.05) is 24.2 Å². The number of fused-ring (bicyclic) bond motifs is 1. The number of halogens is 1. The molecule has 1 fully saturated rings. The first-order chi connectivity index (χ1) is 11.6. The molecule has 1 aromatic carbocycles. The molecule has 1 amide bonds. The Morgan fingerprint density at radius 2 is 2.08 bits per heavy atom. The lowest BCUT2D eigenvalue weighted by Crippen LogP contribution is -2.40. The molecule has 1 aliphatic heterocycles. The van der Waals surface area contributed by atoms with Crippen molar-refractivity contribution in [1.29, 1.82) is 0 Å². The van der Waals surface area contributed by atoms with Gasteiger partial charge in [0.1, 0.15) is 5.69 Å². The highest BCUT2D eigenvalue weighted by molar-refractivity contribution is 6.31. The van der Waals surface area contributed by atoms with Crippen LogP contribution in [-0.4, -0.2) is 43.4 Å². The Morgan fingerprint density at radius 1 is 1.29 bits per heavy atom. The molecule has 0 bridgehead atoms. The van der Waals surface area contributed by atoms with Gasteiger partial charge in [-0.2, -0.15) is 0 Å². The quantitative estimate of drug-likeness (QED) is 0.746. The van der Waals surface area contributed by atoms with Crippen molar-refractivity contribution in [1.82, 2.24) is 24.4 Å². The molecular formula is C16H16ClN5O2. The lowest BCUT2D eigenvalue weighted by atomic mass is 10.0. The molecule has 0 atom stereocenters. The number of aromatic nitrogens is 4. The lowest BCUT2D eigenvalue weighted by molar-refractivity contribution is 0.0689. The minimum Gasteiger partial charge on any atom is -0.341 e. The Morgan fingerprint density at radius 3 is 2.79 bits per heavy atom. The molecule has 124 valence electrons. The number of rotatable bonds is 2. The Hall–Kier alpha value is -2.54. The van der Waals surface area contributed by atoms with Crippen LogP contribution in [0.4, 0.5) is 0 Å². The number of aromatic amines is 2. The number of hydrogen-bond acceptors (Lipinski definition) is 3. The number of nitrogens with zero attached hydrogens (tertiary/aromatic N) is 3. The van der Waals surface area contributed by atoms with Gasteiger partial charge in [-0.25, -0.2) is 9.78 Å². The number of carbonyl (C=O) groups is 1. The summed E-state index contributed by atoms with van der Waals surface area (Å²) in [5.41, 5.74) is 1.95. The summed E-state index contributed by atoms with van der Waals surface area (Å²) in [5, 5.41) is 0.593. The zero-order valence-corrected chi connectivity index (χ0v) is 13.6. The Labute approximate surface area is 142 Å². The predicted molar refractivity (Wildman–Crippen MR) is 90.3 cm³/mol. The topological polar surface area (TPSA) is 86.8 Å². The van der Waals surface area contributed by atoms with Crippen LogP contribution in [0, 0.1) is 0 Å². The summed E-state index contributed by atoms with van der Waals surface area (Å²) in [5.74, 6) is -0.0518. The average molecular weight is 346 g/mol. The molecule has 0 unspecified atom stereocenters. The fourth-order valence-electron chi connectivity index (χ4n) is 3.34. The summed E-state index contributed by atoms with van der Waals surface area (Å²) >= 11 is 5.99. The molecule has 4 rings (SSSR count). The molecule has 3 heterocycles. The van der Waals surface area contributed by atoms with Crippen LogP contribution in [0.3, 0.4) is 0 Å². The maximum Gasteiger partial charge on any atom is 0.326 e. The van der Waals surface area contributed by atoms with Gasteiger partial charge >= 0.3 is 5.69 Å². The fraction of sp³-hybridized carbons (Fsp3) is 0.312. The van der Waals surface area contributed by atoms with Crippen molar-refractivity contribution in [3.63, 3.8) is 0 Å². The highest BCUT2D eigenvalue weighted by Gasteiger charge is 2.27. The van der Waals surface area contributed by atoms with E-state index >= 15 is 0 Å². The zero-order chi connectivity index (χ0) is 16.7. The number of benzene rings is 1. The second-order valence-electron chi connectivity index (χ2n) is 5.95. The molecule has 7 nitrogen and oxygen atoms in total. The van der Waals surface area contributed by atoms with Crippen LogP contribution in [0.5, 0.6) is 0 Å². The minimum absolute atomic E-state index is 0.0518. The number of H-pyrrole nitrogens is 2. The van der Waals surface area contributed by atoms with E-state index in [1.807, 2.05) is 6.07 Å². The van der Waals surface area contributed by atoms with Crippen molar-refractivity contribution >= 4 is 28.5 Å². The highest BCUT2D eigenvalue weighted by Crippen LogP contribution is 2.26. The van der Waals surface area contributed by atoms with Crippen molar-refractivity contribution in [2.45, 2.75) is 18.9 Å². The molecule has 8 heteroatoms. The SMILES string of the molecule is O=C(c1cnc[nH]1)N1CCC(n2c(=O)[nH]c3cc(Cl)ccc32)CC1. The summed E-state index contributed by atoms with van der Waals surface area (Å²) in [6, 6.07) is 5.46. The van der Waals surface area contributed by atoms with Gasteiger partial charge in [-0.1, -0.05) is 11.6 Å². The number of carbonyl (C=O) groups excluding carboxylic acids is 1. The third-order valence-electron chi connectivity index (χ3n) is 4.52. The van der Waals surface area contributed by atoms with E-state index in [1.165, 1.54) is 12.5 Å². The second kappa shape index (κ2) is 5.83. The van der Waals surface area contributed by atoms with Gasteiger partial charge in [0.2, 0.25) is 0 Å². The molecule has 2 aromatic heterocycles. The monoisotopic (exact) mass is 345 g/mol. The third-order valence-corrected chi connectivity index (χ3v) is 4.76. The molecule has 1 saturated heterocycles. The van der Waals surface area contributed by atoms with Crippen LogP contribution in [0.15, 0.2) is 35.5 Å². The first-order valence-corrected chi connectivity index (χ1v) is 8.18. The van der Waals surface area contributed by atoms with Crippen LogP contribution in [0.25, 0.3) is 11.0 Å². The van der Waals surface area contributed by atoms with E-state index in [0.717, 1.165) is 23.9 Å². The Bertz CT molecular complexity index is 935. The van der Waals surface area contributed by atoms with Gasteiger partial charge in [0.15, 0.2) is 0 Å². The van der Waals surface area contributed by atoms with E-state index in [9.17, 15) is 9.59 Å². The maximum atomic E-state index is 12.3. The van der Waals surface area contributed by atoms with Gasteiger partial charge in [-0.3, -0.25) is 9.36 Å². The molecule has 3 aromatic rings. The van der Waals surface area contributed by atoms with Gasteiger partial charge < -0.3 is 14.9 Å². The maximum absolute atomic E-state index is 12.3. The van der Waals surface area contributed by atoms with Crippen LogP contribution in [-0.2, 0) is 0 Å². The Kier molecular flexibility index (Phi) is 3.65. The lowest BCUT2D eigenvalue weighted by Gasteiger charge is -2.32. The normalized spacial score (nSPS) is 16.0. The molecule has 24 heavy (non-hydrogen) atoms. The van der Waals surface area contributed by atoms with Crippen LogP contribution < -0.4 is 5.69 Å². The van der Waals surface area contributed by atoms with Gasteiger partial charge in [-0.05, 0) is 31.0 Å². The number of imidazole rings is 2. The van der Waals surface area contributed by atoms with E-state index in [0.29, 0.717) is 23.8 Å². The fourth-order valence-corrected chi connectivity index (χ4v) is 3.51. The summed E-state index contributed by atoms with van der Waals surface area (Å²) in [6.45, 7) is 1.21. The van der Waals surface area contributed by atoms with E-state index in [1.54, 1.807) is 21.6 Å². The second-order valence-corrected chi connectivity index (χ2v) is 6.39. The average Bonchev–Trinajstić information content (AvgIpc) is 3.21. The molecule has 0 aliphatic carbocycles. The van der Waals surface area contributed by atoms with Gasteiger partial charge in [0.05, 0.1) is 23.6 Å². The van der Waals surface area contributed by atoms with Crippen molar-refractivity contribution in [2.24, 2.45) is 0 Å². The van der Waals surface area contributed by atoms with Crippen molar-refractivity contribution in [3.8, 4) is 0 Å². The minimum atomic E-state index is -0.134. The number of nitrogens with one attached hydrogen (secondary N) is 2. The van der Waals surface area contributed by atoms with Gasteiger partial charge in [0.25, 0.3) is 5.91 Å². The Balaban J connectivity index is 1.55. The molecule has 1 aliphatic rings. The van der Waals surface area contributed by atoms with Crippen LogP contribution >= 0.6 is 11.6 Å². The number of likely N-dealkylation sites (tertiary alicyclic amines) is 1. The number of hydrogen-bond donors (Lipinski definition) is 2. The molecule has 0 radical (unpaired) electrons. The smallest absolute Gasteiger partial charge is 0.326 e. The summed E-state index contributed by atoms with van der Waals surface area (Å²) in [6.07, 6.45) is 4.49. The van der Waals surface area contributed by atoms with Crippen LogP contribution in [0.2, 0.25) is 5.02 Å². The molecule has 0 spiro atoms. The number of piperidine rings is 1. The third kappa shape index (κ3) is 2.50. The summed E-state index contributed by atoms with van der Waals surface area (Å²) < 4.78 is 1.78. The van der Waals surface area contributed by atoms with Crippen molar-refractivity contribution < 1.29 is 4.79 Å².